The van der Waals surface area contributed by atoms with E-state index in [2.05, 4.69) is 37.4 Å². The third kappa shape index (κ3) is 5.74. The van der Waals surface area contributed by atoms with E-state index in [1.165, 1.54) is 11.8 Å². The van der Waals surface area contributed by atoms with E-state index in [-0.39, 0.29) is 17.9 Å². The summed E-state index contributed by atoms with van der Waals surface area (Å²) in [6.07, 6.45) is 1.51. The number of methoxy groups -OCH3 is 2. The monoisotopic (exact) mass is 384 g/mol. The van der Waals surface area contributed by atoms with Crippen molar-refractivity contribution in [1.82, 2.24) is 5.43 Å². The van der Waals surface area contributed by atoms with E-state index in [0.717, 1.165) is 11.1 Å². The molecular weight excluding hydrogens is 356 g/mol. The number of rotatable bonds is 7. The second kappa shape index (κ2) is 9.26. The highest BCUT2D eigenvalue weighted by Crippen LogP contribution is 2.27. The minimum Gasteiger partial charge on any atom is -0.497 e. The Bertz CT molecular complexity index is 854. The molecule has 0 atom stereocenters. The maximum Gasteiger partial charge on any atom is 0.277 e. The van der Waals surface area contributed by atoms with Crippen molar-refractivity contribution in [3.63, 3.8) is 0 Å². The van der Waals surface area contributed by atoms with Gasteiger partial charge in [-0.1, -0.05) is 32.9 Å². The fraction of sp³-hybridized carbons (Fsp3) is 0.364. The van der Waals surface area contributed by atoms with Gasteiger partial charge in [-0.15, -0.1) is 0 Å². The Morgan fingerprint density at radius 1 is 1.07 bits per heavy atom. The number of hydrazone groups is 1. The Kier molecular flexibility index (Phi) is 7.04. The van der Waals surface area contributed by atoms with E-state index >= 15 is 0 Å². The molecule has 0 aliphatic heterocycles. The average Bonchev–Trinajstić information content (AvgIpc) is 2.66. The summed E-state index contributed by atoms with van der Waals surface area (Å²) in [5, 5.41) is 3.96. The Hall–Kier alpha value is -3.02. The SMILES string of the molecule is COc1ccc(/C=N\NC(=O)COc2ccc(C(C)(C)C)cc2C)c(OC)c1. The number of nitrogens with one attached hydrogen (secondary N) is 1. The molecule has 0 radical (unpaired) electrons. The average molecular weight is 384 g/mol. The van der Waals surface area contributed by atoms with Gasteiger partial charge in [0, 0.05) is 11.6 Å². The Morgan fingerprint density at radius 3 is 2.43 bits per heavy atom. The molecule has 0 aliphatic rings. The summed E-state index contributed by atoms with van der Waals surface area (Å²) < 4.78 is 16.1. The molecule has 6 heteroatoms. The van der Waals surface area contributed by atoms with Crippen LogP contribution in [0.25, 0.3) is 0 Å². The highest BCUT2D eigenvalue weighted by molar-refractivity contribution is 5.85. The van der Waals surface area contributed by atoms with Crippen LogP contribution in [0.5, 0.6) is 17.2 Å². The highest BCUT2D eigenvalue weighted by atomic mass is 16.5. The molecule has 0 fully saturated rings. The first kappa shape index (κ1) is 21.3. The summed E-state index contributed by atoms with van der Waals surface area (Å²) in [6.45, 7) is 8.33. The fourth-order valence-electron chi connectivity index (χ4n) is 2.55. The van der Waals surface area contributed by atoms with Crippen LogP contribution in [0.4, 0.5) is 0 Å². The van der Waals surface area contributed by atoms with Crippen molar-refractivity contribution >= 4 is 12.1 Å². The first-order valence-corrected chi connectivity index (χ1v) is 9.02. The molecule has 0 spiro atoms. The van der Waals surface area contributed by atoms with Crippen LogP contribution in [0.15, 0.2) is 41.5 Å². The lowest BCUT2D eigenvalue weighted by Gasteiger charge is -2.20. The number of nitrogens with zero attached hydrogens (tertiary/aromatic N) is 1. The van der Waals surface area contributed by atoms with E-state index in [1.807, 2.05) is 19.1 Å². The quantitative estimate of drug-likeness (QED) is 0.582. The summed E-state index contributed by atoms with van der Waals surface area (Å²) >= 11 is 0. The summed E-state index contributed by atoms with van der Waals surface area (Å²) in [5.41, 5.74) is 5.46. The Labute approximate surface area is 166 Å². The molecule has 2 rings (SSSR count). The topological polar surface area (TPSA) is 69.2 Å². The summed E-state index contributed by atoms with van der Waals surface area (Å²) in [6, 6.07) is 11.3. The van der Waals surface area contributed by atoms with Crippen molar-refractivity contribution in [2.24, 2.45) is 5.10 Å². The van der Waals surface area contributed by atoms with Crippen molar-refractivity contribution in [2.45, 2.75) is 33.1 Å². The van der Waals surface area contributed by atoms with Crippen LogP contribution in [-0.2, 0) is 10.2 Å². The second-order valence-electron chi connectivity index (χ2n) is 7.42. The molecule has 1 amide bonds. The zero-order valence-electron chi connectivity index (χ0n) is 17.3. The molecule has 0 aliphatic carbocycles. The summed E-state index contributed by atoms with van der Waals surface area (Å²) in [4.78, 5) is 12.0. The highest BCUT2D eigenvalue weighted by Gasteiger charge is 2.15. The molecule has 2 aromatic rings. The molecule has 0 saturated carbocycles. The van der Waals surface area contributed by atoms with Crippen molar-refractivity contribution in [1.29, 1.82) is 0 Å². The molecule has 0 unspecified atom stereocenters. The van der Waals surface area contributed by atoms with Crippen LogP contribution in [0, 0.1) is 6.92 Å². The molecule has 6 nitrogen and oxygen atoms in total. The van der Waals surface area contributed by atoms with Gasteiger partial charge in [0.1, 0.15) is 17.2 Å². The van der Waals surface area contributed by atoms with Crippen molar-refractivity contribution in [3.05, 3.63) is 53.1 Å². The van der Waals surface area contributed by atoms with Gasteiger partial charge < -0.3 is 14.2 Å². The van der Waals surface area contributed by atoms with E-state index in [9.17, 15) is 4.79 Å². The van der Waals surface area contributed by atoms with Gasteiger partial charge in [0.05, 0.1) is 20.4 Å². The number of carbonyl (C=O) groups is 1. The van der Waals surface area contributed by atoms with Crippen LogP contribution in [0.2, 0.25) is 0 Å². The lowest BCUT2D eigenvalue weighted by atomic mass is 9.86. The van der Waals surface area contributed by atoms with Crippen LogP contribution in [-0.4, -0.2) is 32.9 Å². The minimum absolute atomic E-state index is 0.0674. The summed E-state index contributed by atoms with van der Waals surface area (Å²) in [5.74, 6) is 1.62. The van der Waals surface area contributed by atoms with E-state index in [1.54, 1.807) is 32.4 Å². The molecule has 1 N–H and O–H groups in total. The van der Waals surface area contributed by atoms with Gasteiger partial charge in [0.25, 0.3) is 5.91 Å². The number of hydrogen-bond acceptors (Lipinski definition) is 5. The van der Waals surface area contributed by atoms with Gasteiger partial charge >= 0.3 is 0 Å². The molecule has 0 heterocycles. The van der Waals surface area contributed by atoms with E-state index in [4.69, 9.17) is 14.2 Å². The van der Waals surface area contributed by atoms with E-state index in [0.29, 0.717) is 17.2 Å². The van der Waals surface area contributed by atoms with Gasteiger partial charge in [-0.2, -0.15) is 5.10 Å². The molecule has 150 valence electrons. The first-order chi connectivity index (χ1) is 13.2. The van der Waals surface area contributed by atoms with Crippen molar-refractivity contribution in [3.8, 4) is 17.2 Å². The van der Waals surface area contributed by atoms with Crippen LogP contribution < -0.4 is 19.6 Å². The number of aryl methyl sites for hydroxylation is 1. The maximum absolute atomic E-state index is 12.0. The molecule has 0 aromatic heterocycles. The number of carbonyl (C=O) groups excluding carboxylic acids is 1. The van der Waals surface area contributed by atoms with Crippen LogP contribution in [0.1, 0.15) is 37.5 Å². The molecule has 2 aromatic carbocycles. The van der Waals surface area contributed by atoms with Crippen LogP contribution in [0.3, 0.4) is 0 Å². The Balaban J connectivity index is 1.92. The molecule has 0 bridgehead atoms. The second-order valence-corrected chi connectivity index (χ2v) is 7.42. The van der Waals surface area contributed by atoms with Crippen LogP contribution >= 0.6 is 0 Å². The van der Waals surface area contributed by atoms with Gasteiger partial charge in [0.15, 0.2) is 6.61 Å². The predicted molar refractivity (Wildman–Crippen MR) is 111 cm³/mol. The molecule has 28 heavy (non-hydrogen) atoms. The zero-order chi connectivity index (χ0) is 20.7. The predicted octanol–water partition coefficient (Wildman–Crippen LogP) is 3.84. The number of benzene rings is 2. The lowest BCUT2D eigenvalue weighted by Crippen LogP contribution is -2.24. The van der Waals surface area contributed by atoms with Gasteiger partial charge in [-0.3, -0.25) is 4.79 Å². The summed E-state index contributed by atoms with van der Waals surface area (Å²) in [7, 11) is 3.15. The van der Waals surface area contributed by atoms with Gasteiger partial charge in [-0.05, 0) is 41.7 Å². The molecule has 0 saturated heterocycles. The minimum atomic E-state index is -0.344. The number of ether oxygens (including phenoxy) is 3. The smallest absolute Gasteiger partial charge is 0.277 e. The van der Waals surface area contributed by atoms with Crippen molar-refractivity contribution < 1.29 is 19.0 Å². The largest absolute Gasteiger partial charge is 0.497 e. The van der Waals surface area contributed by atoms with Gasteiger partial charge in [-0.25, -0.2) is 5.43 Å². The fourth-order valence-corrected chi connectivity index (χ4v) is 2.55. The zero-order valence-corrected chi connectivity index (χ0v) is 17.3. The normalized spacial score (nSPS) is 11.4. The first-order valence-electron chi connectivity index (χ1n) is 9.02. The third-order valence-corrected chi connectivity index (χ3v) is 4.23. The number of amides is 1. The van der Waals surface area contributed by atoms with Crippen molar-refractivity contribution in [2.75, 3.05) is 20.8 Å². The number of hydrogen-bond donors (Lipinski definition) is 1. The Morgan fingerprint density at radius 2 is 1.82 bits per heavy atom. The molecular formula is C22H28N2O4. The lowest BCUT2D eigenvalue weighted by molar-refractivity contribution is -0.123. The maximum atomic E-state index is 12.0. The van der Waals surface area contributed by atoms with E-state index < -0.39 is 0 Å². The third-order valence-electron chi connectivity index (χ3n) is 4.23. The van der Waals surface area contributed by atoms with Gasteiger partial charge in [0.2, 0.25) is 0 Å². The standard InChI is InChI=1S/C22H28N2O4/c1-15-11-17(22(2,3)4)8-10-19(15)28-14-21(25)24-23-13-16-7-9-18(26-5)12-20(16)27-6/h7-13H,14H2,1-6H3,(H,24,25)/b23-13-.